The maximum Gasteiger partial charge on any atom is 0.253 e. The van der Waals surface area contributed by atoms with Gasteiger partial charge in [0.1, 0.15) is 5.60 Å². The first-order valence-corrected chi connectivity index (χ1v) is 10.2. The van der Waals surface area contributed by atoms with Crippen molar-refractivity contribution >= 4 is 16.8 Å². The third kappa shape index (κ3) is 2.55. The van der Waals surface area contributed by atoms with E-state index in [9.17, 15) is 4.79 Å². The molecule has 3 aliphatic rings. The number of rotatable bonds is 1. The van der Waals surface area contributed by atoms with Gasteiger partial charge >= 0.3 is 0 Å². The number of fused-ring (bicyclic) bond motifs is 5. The lowest BCUT2D eigenvalue weighted by Crippen LogP contribution is -2.48. The van der Waals surface area contributed by atoms with Gasteiger partial charge in [-0.3, -0.25) is 4.79 Å². The first-order valence-electron chi connectivity index (χ1n) is 10.2. The summed E-state index contributed by atoms with van der Waals surface area (Å²) in [5.41, 5.74) is 4.07. The number of nitrogens with zero attached hydrogens (tertiary/aromatic N) is 1. The molecule has 148 valence electrons. The largest absolute Gasteiger partial charge is 0.454 e. The normalized spacial score (nSPS) is 19.5. The Morgan fingerprint density at radius 2 is 1.86 bits per heavy atom. The Balaban J connectivity index is 1.25. The number of nitrogens with one attached hydrogen (secondary N) is 1. The summed E-state index contributed by atoms with van der Waals surface area (Å²) in [4.78, 5) is 18.6. The molecule has 4 heterocycles. The van der Waals surface area contributed by atoms with E-state index in [1.807, 2.05) is 17.0 Å². The average Bonchev–Trinajstić information content (AvgIpc) is 3.39. The van der Waals surface area contributed by atoms with E-state index in [2.05, 4.69) is 29.2 Å². The third-order valence-electron chi connectivity index (χ3n) is 6.48. The Hall–Kier alpha value is -2.99. The smallest absolute Gasteiger partial charge is 0.253 e. The molecule has 3 aliphatic heterocycles. The maximum atomic E-state index is 13.0. The van der Waals surface area contributed by atoms with E-state index < -0.39 is 0 Å². The van der Waals surface area contributed by atoms with Gasteiger partial charge in [0.05, 0.1) is 12.3 Å². The van der Waals surface area contributed by atoms with E-state index in [0.717, 1.165) is 25.9 Å². The number of para-hydroxylation sites is 1. The summed E-state index contributed by atoms with van der Waals surface area (Å²) in [6.07, 6.45) is 2.52. The van der Waals surface area contributed by atoms with Gasteiger partial charge in [0, 0.05) is 29.6 Å². The molecule has 1 amide bonds. The van der Waals surface area contributed by atoms with Crippen LogP contribution in [-0.2, 0) is 16.8 Å². The molecule has 6 rings (SSSR count). The standard InChI is InChI=1S/C23H22N2O4/c26-22(15-5-6-19-20(13-15)28-14-27-19)25-10-8-23(9-11-25)21-17(7-12-29-23)16-3-1-2-4-18(16)24-21/h1-6,13,24H,7-12,14H2. The summed E-state index contributed by atoms with van der Waals surface area (Å²) in [6, 6.07) is 13.9. The van der Waals surface area contributed by atoms with E-state index in [-0.39, 0.29) is 18.3 Å². The lowest BCUT2D eigenvalue weighted by molar-refractivity contribution is -0.0957. The van der Waals surface area contributed by atoms with Crippen LogP contribution in [0.2, 0.25) is 0 Å². The predicted octanol–water partition coefficient (Wildman–Crippen LogP) is 3.60. The van der Waals surface area contributed by atoms with Crippen LogP contribution in [0.3, 0.4) is 0 Å². The number of aromatic nitrogens is 1. The number of hydrogen-bond acceptors (Lipinski definition) is 4. The van der Waals surface area contributed by atoms with Gasteiger partial charge in [0.15, 0.2) is 11.5 Å². The number of amides is 1. The van der Waals surface area contributed by atoms with Crippen molar-refractivity contribution in [1.82, 2.24) is 9.88 Å². The van der Waals surface area contributed by atoms with E-state index in [1.54, 1.807) is 6.07 Å². The highest BCUT2D eigenvalue weighted by Gasteiger charge is 2.43. The Morgan fingerprint density at radius 1 is 1.03 bits per heavy atom. The minimum Gasteiger partial charge on any atom is -0.454 e. The second kappa shape index (κ2) is 6.26. The highest BCUT2D eigenvalue weighted by atomic mass is 16.7. The lowest BCUT2D eigenvalue weighted by atomic mass is 9.83. The number of carbonyl (C=O) groups excluding carboxylic acids is 1. The summed E-state index contributed by atoms with van der Waals surface area (Å²) in [5.74, 6) is 1.37. The fourth-order valence-corrected chi connectivity index (χ4v) is 4.95. The molecule has 0 atom stereocenters. The van der Waals surface area contributed by atoms with Gasteiger partial charge in [-0.1, -0.05) is 18.2 Å². The molecule has 0 unspecified atom stereocenters. The van der Waals surface area contributed by atoms with Gasteiger partial charge in [-0.15, -0.1) is 0 Å². The van der Waals surface area contributed by atoms with Crippen LogP contribution in [0.5, 0.6) is 11.5 Å². The van der Waals surface area contributed by atoms with Crippen molar-refractivity contribution < 1.29 is 19.0 Å². The SMILES string of the molecule is O=C(c1ccc2c(c1)OCO2)N1CCC2(CC1)OCCc1c2[nH]c2ccccc12. The molecule has 3 aromatic rings. The molecule has 29 heavy (non-hydrogen) atoms. The number of piperidine rings is 1. The zero-order chi connectivity index (χ0) is 19.4. The Labute approximate surface area is 168 Å². The topological polar surface area (TPSA) is 63.8 Å². The van der Waals surface area contributed by atoms with Crippen molar-refractivity contribution in [3.8, 4) is 11.5 Å². The van der Waals surface area contributed by atoms with Gasteiger partial charge in [-0.05, 0) is 49.1 Å². The Kier molecular flexibility index (Phi) is 3.65. The molecule has 0 saturated carbocycles. The number of aromatic amines is 1. The van der Waals surface area contributed by atoms with Crippen LogP contribution < -0.4 is 9.47 Å². The Bertz CT molecular complexity index is 1110. The van der Waals surface area contributed by atoms with E-state index in [1.165, 1.54) is 22.2 Å². The van der Waals surface area contributed by atoms with Crippen molar-refractivity contribution in [3.05, 3.63) is 59.3 Å². The van der Waals surface area contributed by atoms with E-state index in [0.29, 0.717) is 30.2 Å². The average molecular weight is 390 g/mol. The first kappa shape index (κ1) is 16.9. The molecule has 6 nitrogen and oxygen atoms in total. The zero-order valence-electron chi connectivity index (χ0n) is 16.1. The molecule has 6 heteroatoms. The maximum absolute atomic E-state index is 13.0. The highest BCUT2D eigenvalue weighted by Crippen LogP contribution is 2.43. The highest BCUT2D eigenvalue weighted by molar-refractivity contribution is 5.95. The Morgan fingerprint density at radius 3 is 2.76 bits per heavy atom. The first-order chi connectivity index (χ1) is 14.2. The van der Waals surface area contributed by atoms with Crippen LogP contribution in [0.1, 0.15) is 34.5 Å². The molecule has 1 fully saturated rings. The number of carbonyl (C=O) groups is 1. The molecular formula is C23H22N2O4. The van der Waals surface area contributed by atoms with Crippen molar-refractivity contribution in [1.29, 1.82) is 0 Å². The van der Waals surface area contributed by atoms with Gasteiger partial charge in [-0.2, -0.15) is 0 Å². The summed E-state index contributed by atoms with van der Waals surface area (Å²) in [5, 5.41) is 1.30. The van der Waals surface area contributed by atoms with Crippen LogP contribution in [0, 0.1) is 0 Å². The number of likely N-dealkylation sites (tertiary alicyclic amines) is 1. The molecule has 1 saturated heterocycles. The second-order valence-corrected chi connectivity index (χ2v) is 7.98. The molecule has 0 bridgehead atoms. The van der Waals surface area contributed by atoms with E-state index in [4.69, 9.17) is 14.2 Å². The van der Waals surface area contributed by atoms with Gasteiger partial charge < -0.3 is 24.1 Å². The van der Waals surface area contributed by atoms with Gasteiger partial charge in [0.2, 0.25) is 6.79 Å². The quantitative estimate of drug-likeness (QED) is 0.690. The van der Waals surface area contributed by atoms with Gasteiger partial charge in [-0.25, -0.2) is 0 Å². The number of hydrogen-bond donors (Lipinski definition) is 1. The van der Waals surface area contributed by atoms with Gasteiger partial charge in [0.25, 0.3) is 5.91 Å². The van der Waals surface area contributed by atoms with Crippen LogP contribution in [-0.4, -0.2) is 42.3 Å². The predicted molar refractivity (Wildman–Crippen MR) is 107 cm³/mol. The fourth-order valence-electron chi connectivity index (χ4n) is 4.95. The van der Waals surface area contributed by atoms with E-state index >= 15 is 0 Å². The molecule has 2 aromatic carbocycles. The number of ether oxygens (including phenoxy) is 3. The van der Waals surface area contributed by atoms with Crippen LogP contribution in [0.4, 0.5) is 0 Å². The summed E-state index contributed by atoms with van der Waals surface area (Å²) in [6.45, 7) is 2.28. The molecule has 1 spiro atoms. The molecule has 1 N–H and O–H groups in total. The lowest BCUT2D eigenvalue weighted by Gasteiger charge is -2.43. The summed E-state index contributed by atoms with van der Waals surface area (Å²) in [7, 11) is 0. The van der Waals surface area contributed by atoms with Crippen LogP contribution in [0.25, 0.3) is 10.9 Å². The molecule has 0 radical (unpaired) electrons. The number of benzene rings is 2. The molecule has 0 aliphatic carbocycles. The minimum absolute atomic E-state index is 0.0332. The minimum atomic E-state index is -0.321. The monoisotopic (exact) mass is 390 g/mol. The van der Waals surface area contributed by atoms with Crippen LogP contribution >= 0.6 is 0 Å². The van der Waals surface area contributed by atoms with Crippen molar-refractivity contribution in [2.24, 2.45) is 0 Å². The third-order valence-corrected chi connectivity index (χ3v) is 6.48. The van der Waals surface area contributed by atoms with Crippen molar-refractivity contribution in [3.63, 3.8) is 0 Å². The van der Waals surface area contributed by atoms with Crippen molar-refractivity contribution in [2.75, 3.05) is 26.5 Å². The fraction of sp³-hybridized carbons (Fsp3) is 0.348. The second-order valence-electron chi connectivity index (χ2n) is 7.98. The van der Waals surface area contributed by atoms with Crippen LogP contribution in [0.15, 0.2) is 42.5 Å². The zero-order valence-corrected chi connectivity index (χ0v) is 16.1. The number of H-pyrrole nitrogens is 1. The van der Waals surface area contributed by atoms with Crippen molar-refractivity contribution in [2.45, 2.75) is 24.9 Å². The summed E-state index contributed by atoms with van der Waals surface area (Å²) < 4.78 is 17.1. The summed E-state index contributed by atoms with van der Waals surface area (Å²) >= 11 is 0. The molecular weight excluding hydrogens is 368 g/mol. The molecule has 1 aromatic heterocycles.